The molecule has 0 spiro atoms. The first-order chi connectivity index (χ1) is 8.30. The third-order valence-corrected chi connectivity index (χ3v) is 3.60. The maximum Gasteiger partial charge on any atom is 0.120 e. The van der Waals surface area contributed by atoms with E-state index in [9.17, 15) is 5.11 Å². The van der Waals surface area contributed by atoms with Gasteiger partial charge in [-0.2, -0.15) is 0 Å². The minimum atomic E-state index is -0.173. The molecule has 100 valence electrons. The number of phenols is 1. The second-order valence-electron chi connectivity index (χ2n) is 6.23. The third-order valence-electron chi connectivity index (χ3n) is 3.60. The third kappa shape index (κ3) is 2.85. The van der Waals surface area contributed by atoms with Crippen LogP contribution >= 0.6 is 0 Å². The molecule has 2 N–H and O–H groups in total. The van der Waals surface area contributed by atoms with Crippen LogP contribution in [-0.2, 0) is 11.3 Å². The van der Waals surface area contributed by atoms with E-state index in [2.05, 4.69) is 33.0 Å². The molecule has 1 aliphatic rings. The monoisotopic (exact) mass is 249 g/mol. The maximum atomic E-state index is 9.75. The summed E-state index contributed by atoms with van der Waals surface area (Å²) in [5, 5.41) is 13.2. The van der Waals surface area contributed by atoms with Crippen LogP contribution in [0.4, 0.5) is 0 Å². The molecule has 1 aliphatic heterocycles. The van der Waals surface area contributed by atoms with Crippen LogP contribution in [0.1, 0.15) is 39.7 Å². The number of hydrogen-bond acceptors (Lipinski definition) is 3. The van der Waals surface area contributed by atoms with Gasteiger partial charge in [0.05, 0.1) is 11.2 Å². The molecule has 1 aromatic rings. The molecular weight excluding hydrogens is 226 g/mol. The number of aromatic hydroxyl groups is 1. The Hall–Kier alpha value is -1.06. The topological polar surface area (TPSA) is 41.5 Å². The summed E-state index contributed by atoms with van der Waals surface area (Å²) in [6.45, 7) is 9.14. The van der Waals surface area contributed by atoms with Crippen LogP contribution < -0.4 is 5.32 Å². The fourth-order valence-electron chi connectivity index (χ4n) is 2.77. The average Bonchev–Trinajstić information content (AvgIpc) is 2.45. The van der Waals surface area contributed by atoms with E-state index in [1.54, 1.807) is 6.07 Å². The second-order valence-corrected chi connectivity index (χ2v) is 6.23. The first-order valence-corrected chi connectivity index (χ1v) is 6.51. The van der Waals surface area contributed by atoms with Crippen molar-refractivity contribution in [2.75, 3.05) is 0 Å². The minimum absolute atomic E-state index is 0.0834. The zero-order valence-corrected chi connectivity index (χ0v) is 11.7. The Morgan fingerprint density at radius 3 is 2.50 bits per heavy atom. The molecule has 0 radical (unpaired) electrons. The molecule has 0 bridgehead atoms. The standard InChI is InChI=1S/C15H23NO2/c1-14(2)9-13(15(3,4)18-14)16-10-11-7-5-6-8-12(11)17/h5-8,13,16-17H,9-10H2,1-4H3. The summed E-state index contributed by atoms with van der Waals surface area (Å²) in [5.41, 5.74) is 0.673. The Kier molecular flexibility index (Phi) is 3.39. The highest BCUT2D eigenvalue weighted by molar-refractivity contribution is 5.31. The van der Waals surface area contributed by atoms with Gasteiger partial charge in [-0.15, -0.1) is 0 Å². The molecule has 0 aliphatic carbocycles. The van der Waals surface area contributed by atoms with Gasteiger partial charge in [-0.25, -0.2) is 0 Å². The predicted octanol–water partition coefficient (Wildman–Crippen LogP) is 2.83. The number of phenolic OH excluding ortho intramolecular Hbond substituents is 1. The molecule has 1 heterocycles. The van der Waals surface area contributed by atoms with Gasteiger partial charge in [0.2, 0.25) is 0 Å². The Morgan fingerprint density at radius 1 is 1.28 bits per heavy atom. The van der Waals surface area contributed by atoms with E-state index in [0.717, 1.165) is 12.0 Å². The van der Waals surface area contributed by atoms with Gasteiger partial charge in [0.1, 0.15) is 5.75 Å². The highest BCUT2D eigenvalue weighted by Gasteiger charge is 2.45. The Labute approximate surface area is 109 Å². The van der Waals surface area contributed by atoms with Crippen molar-refractivity contribution >= 4 is 0 Å². The summed E-state index contributed by atoms with van der Waals surface area (Å²) >= 11 is 0. The zero-order chi connectivity index (χ0) is 13.4. The van der Waals surface area contributed by atoms with Crippen molar-refractivity contribution in [1.82, 2.24) is 5.32 Å². The SMILES string of the molecule is CC1(C)CC(NCc2ccccc2O)C(C)(C)O1. The number of para-hydroxylation sites is 1. The number of hydrogen-bond donors (Lipinski definition) is 2. The molecule has 3 nitrogen and oxygen atoms in total. The molecule has 1 fully saturated rings. The summed E-state index contributed by atoms with van der Waals surface area (Å²) in [6, 6.07) is 7.74. The first-order valence-electron chi connectivity index (χ1n) is 6.51. The van der Waals surface area contributed by atoms with Gasteiger partial charge < -0.3 is 15.2 Å². The highest BCUT2D eigenvalue weighted by Crippen LogP contribution is 2.37. The van der Waals surface area contributed by atoms with E-state index in [1.807, 2.05) is 18.2 Å². The van der Waals surface area contributed by atoms with Gasteiger partial charge in [-0.05, 0) is 40.2 Å². The molecular formula is C15H23NO2. The van der Waals surface area contributed by atoms with Crippen LogP contribution in [0.3, 0.4) is 0 Å². The molecule has 1 atom stereocenters. The van der Waals surface area contributed by atoms with Gasteiger partial charge in [0.25, 0.3) is 0 Å². The molecule has 0 amide bonds. The predicted molar refractivity (Wildman–Crippen MR) is 72.6 cm³/mol. The number of ether oxygens (including phenoxy) is 1. The van der Waals surface area contributed by atoms with Crippen molar-refractivity contribution in [3.63, 3.8) is 0 Å². The maximum absolute atomic E-state index is 9.75. The smallest absolute Gasteiger partial charge is 0.120 e. The zero-order valence-electron chi connectivity index (χ0n) is 11.7. The van der Waals surface area contributed by atoms with Crippen molar-refractivity contribution in [3.05, 3.63) is 29.8 Å². The summed E-state index contributed by atoms with van der Waals surface area (Å²) in [4.78, 5) is 0. The van der Waals surface area contributed by atoms with Gasteiger partial charge in [0, 0.05) is 18.2 Å². The quantitative estimate of drug-likeness (QED) is 0.865. The fraction of sp³-hybridized carbons (Fsp3) is 0.600. The van der Waals surface area contributed by atoms with Crippen LogP contribution in [-0.4, -0.2) is 22.4 Å². The van der Waals surface area contributed by atoms with E-state index in [4.69, 9.17) is 4.74 Å². The van der Waals surface area contributed by atoms with Crippen LogP contribution in [0, 0.1) is 0 Å². The first kappa shape index (κ1) is 13.4. The Bertz CT molecular complexity index is 426. The summed E-state index contributed by atoms with van der Waals surface area (Å²) in [5.74, 6) is 0.348. The van der Waals surface area contributed by atoms with Crippen LogP contribution in [0.15, 0.2) is 24.3 Å². The molecule has 0 aromatic heterocycles. The lowest BCUT2D eigenvalue weighted by molar-refractivity contribution is -0.0699. The Morgan fingerprint density at radius 2 is 1.94 bits per heavy atom. The summed E-state index contributed by atoms with van der Waals surface area (Å²) in [6.07, 6.45) is 0.980. The van der Waals surface area contributed by atoms with Crippen molar-refractivity contribution in [1.29, 1.82) is 0 Å². The van der Waals surface area contributed by atoms with Crippen LogP contribution in [0.25, 0.3) is 0 Å². The highest BCUT2D eigenvalue weighted by atomic mass is 16.5. The van der Waals surface area contributed by atoms with Gasteiger partial charge in [0.15, 0.2) is 0 Å². The largest absolute Gasteiger partial charge is 0.508 e. The molecule has 18 heavy (non-hydrogen) atoms. The molecule has 3 heteroatoms. The number of rotatable bonds is 3. The fourth-order valence-corrected chi connectivity index (χ4v) is 2.77. The minimum Gasteiger partial charge on any atom is -0.508 e. The van der Waals surface area contributed by atoms with Gasteiger partial charge >= 0.3 is 0 Å². The molecule has 0 saturated carbocycles. The van der Waals surface area contributed by atoms with E-state index < -0.39 is 0 Å². The lowest BCUT2D eigenvalue weighted by atomic mass is 9.94. The van der Waals surface area contributed by atoms with Gasteiger partial charge in [-0.1, -0.05) is 18.2 Å². The van der Waals surface area contributed by atoms with Gasteiger partial charge in [-0.3, -0.25) is 0 Å². The van der Waals surface area contributed by atoms with E-state index >= 15 is 0 Å². The number of nitrogens with one attached hydrogen (secondary N) is 1. The van der Waals surface area contributed by atoms with Crippen molar-refractivity contribution < 1.29 is 9.84 Å². The summed E-state index contributed by atoms with van der Waals surface area (Å²) < 4.78 is 6.04. The average molecular weight is 249 g/mol. The lowest BCUT2D eigenvalue weighted by Crippen LogP contribution is -2.42. The Balaban J connectivity index is 2.01. The van der Waals surface area contributed by atoms with Crippen molar-refractivity contribution in [3.8, 4) is 5.75 Å². The number of benzene rings is 1. The molecule has 1 unspecified atom stereocenters. The second kappa shape index (κ2) is 4.56. The van der Waals surface area contributed by atoms with E-state index in [0.29, 0.717) is 18.3 Å². The van der Waals surface area contributed by atoms with Crippen LogP contribution in [0.5, 0.6) is 5.75 Å². The van der Waals surface area contributed by atoms with Crippen molar-refractivity contribution in [2.45, 2.75) is 57.9 Å². The van der Waals surface area contributed by atoms with Crippen LogP contribution in [0.2, 0.25) is 0 Å². The van der Waals surface area contributed by atoms with E-state index in [1.165, 1.54) is 0 Å². The molecule has 1 saturated heterocycles. The van der Waals surface area contributed by atoms with E-state index in [-0.39, 0.29) is 11.2 Å². The normalized spacial score (nSPS) is 25.2. The summed E-state index contributed by atoms with van der Waals surface area (Å²) in [7, 11) is 0. The van der Waals surface area contributed by atoms with Crippen molar-refractivity contribution in [2.24, 2.45) is 0 Å². The lowest BCUT2D eigenvalue weighted by Gasteiger charge is -2.28. The molecule has 2 rings (SSSR count). The molecule has 1 aromatic carbocycles.